The standard InChI is InChI=1S/C21H22F3N5O3/c1-5-32-20(31)17-10-16(27-28(17)4)19(30)25-18-12(2)26-29(13(18)3)11-14-7-6-8-15(9-14)21(22,23)24/h6-10H,5,11H2,1-4H3,(H,25,30). The highest BCUT2D eigenvalue weighted by atomic mass is 19.4. The zero-order valence-electron chi connectivity index (χ0n) is 17.9. The average molecular weight is 449 g/mol. The summed E-state index contributed by atoms with van der Waals surface area (Å²) in [5, 5.41) is 11.1. The quantitative estimate of drug-likeness (QED) is 0.579. The van der Waals surface area contributed by atoms with Crippen molar-refractivity contribution in [1.82, 2.24) is 19.6 Å². The van der Waals surface area contributed by atoms with Crippen LogP contribution in [0, 0.1) is 13.8 Å². The van der Waals surface area contributed by atoms with Gasteiger partial charge in [-0.05, 0) is 38.5 Å². The summed E-state index contributed by atoms with van der Waals surface area (Å²) in [4.78, 5) is 24.6. The zero-order chi connectivity index (χ0) is 23.6. The van der Waals surface area contributed by atoms with E-state index in [4.69, 9.17) is 4.74 Å². The highest BCUT2D eigenvalue weighted by Crippen LogP contribution is 2.30. The zero-order valence-corrected chi connectivity index (χ0v) is 17.9. The van der Waals surface area contributed by atoms with Crippen LogP contribution in [-0.4, -0.2) is 38.0 Å². The first kappa shape index (κ1) is 23.0. The van der Waals surface area contributed by atoms with E-state index >= 15 is 0 Å². The number of ether oxygens (including phenoxy) is 1. The molecule has 0 aliphatic carbocycles. The Morgan fingerprint density at radius 3 is 2.53 bits per heavy atom. The lowest BCUT2D eigenvalue weighted by atomic mass is 10.1. The maximum Gasteiger partial charge on any atom is 0.416 e. The van der Waals surface area contributed by atoms with Gasteiger partial charge >= 0.3 is 12.1 Å². The number of alkyl halides is 3. The number of carbonyl (C=O) groups excluding carboxylic acids is 2. The maximum absolute atomic E-state index is 13.0. The van der Waals surface area contributed by atoms with E-state index in [1.165, 1.54) is 28.5 Å². The molecular weight excluding hydrogens is 427 g/mol. The van der Waals surface area contributed by atoms with Crippen LogP contribution in [0.15, 0.2) is 30.3 Å². The van der Waals surface area contributed by atoms with Crippen molar-refractivity contribution in [2.75, 3.05) is 11.9 Å². The topological polar surface area (TPSA) is 91.0 Å². The van der Waals surface area contributed by atoms with Gasteiger partial charge < -0.3 is 10.1 Å². The first-order valence-electron chi connectivity index (χ1n) is 9.74. The Labute approximate surface area is 182 Å². The van der Waals surface area contributed by atoms with Crippen molar-refractivity contribution >= 4 is 17.6 Å². The number of benzene rings is 1. The molecule has 32 heavy (non-hydrogen) atoms. The molecule has 3 aromatic rings. The predicted octanol–water partition coefficient (Wildman–Crippen LogP) is 3.73. The number of amides is 1. The molecule has 2 heterocycles. The minimum Gasteiger partial charge on any atom is -0.461 e. The van der Waals surface area contributed by atoms with Gasteiger partial charge in [-0.2, -0.15) is 23.4 Å². The van der Waals surface area contributed by atoms with E-state index < -0.39 is 23.6 Å². The van der Waals surface area contributed by atoms with Crippen molar-refractivity contribution in [1.29, 1.82) is 0 Å². The number of halogens is 3. The molecule has 0 radical (unpaired) electrons. The Bertz CT molecular complexity index is 1160. The fourth-order valence-corrected chi connectivity index (χ4v) is 3.20. The second kappa shape index (κ2) is 8.85. The lowest BCUT2D eigenvalue weighted by Gasteiger charge is -2.10. The summed E-state index contributed by atoms with van der Waals surface area (Å²) in [6.07, 6.45) is -4.44. The van der Waals surface area contributed by atoms with Crippen LogP contribution in [0.2, 0.25) is 0 Å². The van der Waals surface area contributed by atoms with Gasteiger partial charge in [0.15, 0.2) is 5.69 Å². The molecular formula is C21H22F3N5O3. The Hall–Kier alpha value is -3.63. The largest absolute Gasteiger partial charge is 0.461 e. The Morgan fingerprint density at radius 1 is 1.16 bits per heavy atom. The van der Waals surface area contributed by atoms with Crippen molar-refractivity contribution in [2.45, 2.75) is 33.5 Å². The molecule has 0 fully saturated rings. The normalized spacial score (nSPS) is 11.5. The van der Waals surface area contributed by atoms with Gasteiger partial charge in [0.05, 0.1) is 35.8 Å². The summed E-state index contributed by atoms with van der Waals surface area (Å²) < 4.78 is 46.6. The van der Waals surface area contributed by atoms with Crippen LogP contribution in [0.5, 0.6) is 0 Å². The molecule has 2 aromatic heterocycles. The molecule has 0 aliphatic rings. The number of anilines is 1. The molecule has 8 nitrogen and oxygen atoms in total. The molecule has 0 saturated heterocycles. The van der Waals surface area contributed by atoms with Crippen LogP contribution in [0.3, 0.4) is 0 Å². The molecule has 0 saturated carbocycles. The monoisotopic (exact) mass is 449 g/mol. The number of hydrogen-bond acceptors (Lipinski definition) is 5. The van der Waals surface area contributed by atoms with E-state index in [-0.39, 0.29) is 24.5 Å². The molecule has 0 spiro atoms. The fraction of sp³-hybridized carbons (Fsp3) is 0.333. The predicted molar refractivity (Wildman–Crippen MR) is 109 cm³/mol. The second-order valence-electron chi connectivity index (χ2n) is 7.11. The molecule has 0 atom stereocenters. The second-order valence-corrected chi connectivity index (χ2v) is 7.11. The SMILES string of the molecule is CCOC(=O)c1cc(C(=O)Nc2c(C)nn(Cc3cccc(C(F)(F)F)c3)c2C)nn1C. The summed E-state index contributed by atoms with van der Waals surface area (Å²) in [6.45, 7) is 5.34. The van der Waals surface area contributed by atoms with E-state index in [0.717, 1.165) is 12.1 Å². The number of nitrogens with zero attached hydrogens (tertiary/aromatic N) is 4. The number of rotatable bonds is 6. The summed E-state index contributed by atoms with van der Waals surface area (Å²) >= 11 is 0. The molecule has 1 aromatic carbocycles. The fourth-order valence-electron chi connectivity index (χ4n) is 3.20. The minimum atomic E-state index is -4.44. The van der Waals surface area contributed by atoms with Gasteiger partial charge in [-0.3, -0.25) is 14.2 Å². The van der Waals surface area contributed by atoms with E-state index in [0.29, 0.717) is 22.6 Å². The molecule has 11 heteroatoms. The molecule has 170 valence electrons. The van der Waals surface area contributed by atoms with E-state index in [1.54, 1.807) is 26.8 Å². The smallest absolute Gasteiger partial charge is 0.416 e. The third-order valence-electron chi connectivity index (χ3n) is 4.80. The first-order valence-corrected chi connectivity index (χ1v) is 9.74. The van der Waals surface area contributed by atoms with Crippen LogP contribution in [-0.2, 0) is 24.5 Å². The van der Waals surface area contributed by atoms with Gasteiger partial charge in [0, 0.05) is 13.1 Å². The van der Waals surface area contributed by atoms with Crippen molar-refractivity contribution < 1.29 is 27.5 Å². The van der Waals surface area contributed by atoms with Gasteiger partial charge in [0.2, 0.25) is 0 Å². The number of nitrogens with one attached hydrogen (secondary N) is 1. The summed E-state index contributed by atoms with van der Waals surface area (Å²) in [6, 6.07) is 6.32. The molecule has 0 aliphatic heterocycles. The van der Waals surface area contributed by atoms with Crippen LogP contribution >= 0.6 is 0 Å². The highest BCUT2D eigenvalue weighted by molar-refractivity contribution is 6.04. The van der Waals surface area contributed by atoms with Gasteiger partial charge in [-0.15, -0.1) is 0 Å². The number of aryl methyl sites for hydroxylation is 2. The number of aromatic nitrogens is 4. The molecule has 0 unspecified atom stereocenters. The van der Waals surface area contributed by atoms with Gasteiger partial charge in [0.1, 0.15) is 5.69 Å². The van der Waals surface area contributed by atoms with Crippen molar-refractivity contribution in [3.63, 3.8) is 0 Å². The third kappa shape index (κ3) is 4.82. The molecule has 3 rings (SSSR count). The Morgan fingerprint density at radius 2 is 1.88 bits per heavy atom. The van der Waals surface area contributed by atoms with Crippen LogP contribution in [0.4, 0.5) is 18.9 Å². The summed E-state index contributed by atoms with van der Waals surface area (Å²) in [5.74, 6) is -1.15. The molecule has 0 bridgehead atoms. The first-order chi connectivity index (χ1) is 15.0. The average Bonchev–Trinajstić information content (AvgIpc) is 3.23. The Balaban J connectivity index is 1.81. The summed E-state index contributed by atoms with van der Waals surface area (Å²) in [5.41, 5.74) is 1.31. The van der Waals surface area contributed by atoms with Crippen LogP contribution in [0.25, 0.3) is 0 Å². The number of hydrogen-bond donors (Lipinski definition) is 1. The lowest BCUT2D eigenvalue weighted by molar-refractivity contribution is -0.137. The van der Waals surface area contributed by atoms with Gasteiger partial charge in [0.25, 0.3) is 5.91 Å². The van der Waals surface area contributed by atoms with Crippen molar-refractivity contribution in [3.05, 3.63) is 64.2 Å². The highest BCUT2D eigenvalue weighted by Gasteiger charge is 2.30. The molecule has 1 N–H and O–H groups in total. The minimum absolute atomic E-state index is 0.0139. The van der Waals surface area contributed by atoms with E-state index in [2.05, 4.69) is 15.5 Å². The third-order valence-corrected chi connectivity index (χ3v) is 4.80. The van der Waals surface area contributed by atoms with Crippen LogP contribution in [0.1, 0.15) is 50.4 Å². The van der Waals surface area contributed by atoms with Crippen molar-refractivity contribution in [3.8, 4) is 0 Å². The lowest BCUT2D eigenvalue weighted by Crippen LogP contribution is -2.14. The van der Waals surface area contributed by atoms with Crippen molar-refractivity contribution in [2.24, 2.45) is 7.05 Å². The molecule has 1 amide bonds. The number of carbonyl (C=O) groups is 2. The maximum atomic E-state index is 13.0. The van der Waals surface area contributed by atoms with Gasteiger partial charge in [-0.1, -0.05) is 12.1 Å². The van der Waals surface area contributed by atoms with E-state index in [9.17, 15) is 22.8 Å². The summed E-state index contributed by atoms with van der Waals surface area (Å²) in [7, 11) is 1.52. The van der Waals surface area contributed by atoms with Crippen LogP contribution < -0.4 is 5.32 Å². The Kier molecular flexibility index (Phi) is 6.37. The van der Waals surface area contributed by atoms with E-state index in [1.807, 2.05) is 0 Å². The number of esters is 1. The van der Waals surface area contributed by atoms with Gasteiger partial charge in [-0.25, -0.2) is 4.79 Å².